The molecule has 1 fully saturated rings. The summed E-state index contributed by atoms with van der Waals surface area (Å²) in [6, 6.07) is 0. The minimum atomic E-state index is -0.0658. The van der Waals surface area contributed by atoms with Gasteiger partial charge in [-0.1, -0.05) is 73.1 Å². The zero-order valence-corrected chi connectivity index (χ0v) is 13.8. The molecule has 0 bridgehead atoms. The highest BCUT2D eigenvalue weighted by Gasteiger charge is 2.32. The van der Waals surface area contributed by atoms with E-state index in [0.29, 0.717) is 0 Å². The summed E-state index contributed by atoms with van der Waals surface area (Å²) in [7, 11) is 0. The number of hydrogen-bond donors (Lipinski definition) is 0. The van der Waals surface area contributed by atoms with Crippen LogP contribution in [0, 0.1) is 5.92 Å². The van der Waals surface area contributed by atoms with Gasteiger partial charge in [0.25, 0.3) is 0 Å². The molecule has 0 aromatic carbocycles. The highest BCUT2D eigenvalue weighted by Crippen LogP contribution is 2.36. The zero-order chi connectivity index (χ0) is 14.8. The molecule has 0 atom stereocenters. The maximum absolute atomic E-state index is 5.96. The lowest BCUT2D eigenvalue weighted by Gasteiger charge is -2.26. The van der Waals surface area contributed by atoms with E-state index in [1.807, 2.05) is 0 Å². The molecule has 3 nitrogen and oxygen atoms in total. The second kappa shape index (κ2) is 5.87. The smallest absolute Gasteiger partial charge is 0.222 e. The van der Waals surface area contributed by atoms with Crippen molar-refractivity contribution in [3.63, 3.8) is 0 Å². The van der Waals surface area contributed by atoms with Gasteiger partial charge in [-0.05, 0) is 12.3 Å². The number of rotatable bonds is 3. The van der Waals surface area contributed by atoms with Crippen LogP contribution in [0.15, 0.2) is 4.42 Å². The lowest BCUT2D eigenvalue weighted by molar-refractivity contribution is 0.263. The molecule has 0 aliphatic heterocycles. The van der Waals surface area contributed by atoms with Gasteiger partial charge in [0.2, 0.25) is 11.8 Å². The molecule has 1 saturated carbocycles. The second-order valence-electron chi connectivity index (χ2n) is 8.11. The van der Waals surface area contributed by atoms with Crippen LogP contribution in [0.4, 0.5) is 0 Å². The monoisotopic (exact) mass is 278 g/mol. The Bertz CT molecular complexity index is 420. The average Bonchev–Trinajstić information content (AvgIpc) is 2.72. The minimum Gasteiger partial charge on any atom is -0.424 e. The molecule has 0 saturated heterocycles. The first-order chi connectivity index (χ1) is 9.29. The van der Waals surface area contributed by atoms with Gasteiger partial charge < -0.3 is 4.42 Å². The summed E-state index contributed by atoms with van der Waals surface area (Å²) in [6.07, 6.45) is 9.49. The normalized spacial score (nSPS) is 19.1. The zero-order valence-electron chi connectivity index (χ0n) is 13.8. The Balaban J connectivity index is 2.07. The van der Waals surface area contributed by atoms with Gasteiger partial charge in [-0.3, -0.25) is 0 Å². The van der Waals surface area contributed by atoms with E-state index in [0.717, 1.165) is 17.7 Å². The first-order valence-electron chi connectivity index (χ1n) is 8.13. The molecule has 1 heterocycles. The van der Waals surface area contributed by atoms with Crippen LogP contribution in [0.1, 0.15) is 91.3 Å². The summed E-state index contributed by atoms with van der Waals surface area (Å²) in [6.45, 7) is 10.8. The average molecular weight is 278 g/mol. The van der Waals surface area contributed by atoms with Crippen LogP contribution in [-0.4, -0.2) is 10.2 Å². The third-order valence-corrected chi connectivity index (χ3v) is 4.42. The van der Waals surface area contributed by atoms with Crippen molar-refractivity contribution in [2.24, 2.45) is 5.92 Å². The van der Waals surface area contributed by atoms with E-state index >= 15 is 0 Å². The van der Waals surface area contributed by atoms with Gasteiger partial charge >= 0.3 is 0 Å². The lowest BCUT2D eigenvalue weighted by atomic mass is 9.80. The van der Waals surface area contributed by atoms with Crippen molar-refractivity contribution in [3.8, 4) is 0 Å². The summed E-state index contributed by atoms with van der Waals surface area (Å²) in [5.74, 6) is 2.38. The molecule has 3 heteroatoms. The number of aromatic nitrogens is 2. The summed E-state index contributed by atoms with van der Waals surface area (Å²) in [5.41, 5.74) is -0.0743. The predicted octanol–water partition coefficient (Wildman–Crippen LogP) is 5.01. The van der Waals surface area contributed by atoms with Gasteiger partial charge in [-0.15, -0.1) is 10.2 Å². The molecule has 0 radical (unpaired) electrons. The van der Waals surface area contributed by atoms with Crippen molar-refractivity contribution in [1.29, 1.82) is 0 Å². The van der Waals surface area contributed by atoms with Crippen LogP contribution in [-0.2, 0) is 10.8 Å². The fourth-order valence-electron chi connectivity index (χ4n) is 3.18. The van der Waals surface area contributed by atoms with Gasteiger partial charge in [0.15, 0.2) is 0 Å². The third kappa shape index (κ3) is 3.83. The molecule has 0 N–H and O–H groups in total. The van der Waals surface area contributed by atoms with Gasteiger partial charge in [-0.2, -0.15) is 0 Å². The first-order valence-corrected chi connectivity index (χ1v) is 8.13. The highest BCUT2D eigenvalue weighted by molar-refractivity contribution is 5.03. The van der Waals surface area contributed by atoms with Crippen LogP contribution in [0.25, 0.3) is 0 Å². The third-order valence-electron chi connectivity index (χ3n) is 4.42. The highest BCUT2D eigenvalue weighted by atomic mass is 16.4. The standard InChI is InChI=1S/C17H30N2O/c1-16(2,3)14-18-19-15(20-14)17(4,5)12-13-10-8-6-7-9-11-13/h13H,6-12H2,1-5H3. The maximum atomic E-state index is 5.96. The Labute approximate surface area is 123 Å². The summed E-state index contributed by atoms with van der Waals surface area (Å²) in [4.78, 5) is 0. The summed E-state index contributed by atoms with van der Waals surface area (Å²) < 4.78 is 5.96. The largest absolute Gasteiger partial charge is 0.424 e. The Morgan fingerprint density at radius 1 is 0.900 bits per heavy atom. The molecule has 0 spiro atoms. The van der Waals surface area contributed by atoms with E-state index in [1.54, 1.807) is 0 Å². The predicted molar refractivity (Wildman–Crippen MR) is 81.8 cm³/mol. The van der Waals surface area contributed by atoms with Crippen LogP contribution < -0.4 is 0 Å². The van der Waals surface area contributed by atoms with E-state index < -0.39 is 0 Å². The van der Waals surface area contributed by atoms with Crippen molar-refractivity contribution >= 4 is 0 Å². The van der Waals surface area contributed by atoms with E-state index in [9.17, 15) is 0 Å². The molecule has 114 valence electrons. The van der Waals surface area contributed by atoms with Crippen molar-refractivity contribution in [2.75, 3.05) is 0 Å². The van der Waals surface area contributed by atoms with E-state index in [-0.39, 0.29) is 10.8 Å². The van der Waals surface area contributed by atoms with E-state index in [4.69, 9.17) is 4.42 Å². The van der Waals surface area contributed by atoms with Gasteiger partial charge in [-0.25, -0.2) is 0 Å². The summed E-state index contributed by atoms with van der Waals surface area (Å²) in [5, 5.41) is 8.58. The van der Waals surface area contributed by atoms with E-state index in [1.165, 1.54) is 44.9 Å². The molecule has 1 aliphatic rings. The van der Waals surface area contributed by atoms with Gasteiger partial charge in [0.05, 0.1) is 0 Å². The maximum Gasteiger partial charge on any atom is 0.222 e. The Hall–Kier alpha value is -0.860. The Morgan fingerprint density at radius 3 is 1.95 bits per heavy atom. The minimum absolute atomic E-state index is 0.00843. The fraction of sp³-hybridized carbons (Fsp3) is 0.882. The van der Waals surface area contributed by atoms with Crippen molar-refractivity contribution in [2.45, 2.75) is 90.4 Å². The van der Waals surface area contributed by atoms with Crippen LogP contribution in [0.5, 0.6) is 0 Å². The quantitative estimate of drug-likeness (QED) is 0.730. The first kappa shape index (κ1) is 15.5. The second-order valence-corrected chi connectivity index (χ2v) is 8.11. The Kier molecular flexibility index (Phi) is 4.55. The van der Waals surface area contributed by atoms with Crippen molar-refractivity contribution in [1.82, 2.24) is 10.2 Å². The number of nitrogens with zero attached hydrogens (tertiary/aromatic N) is 2. The van der Waals surface area contributed by atoms with Crippen LogP contribution in [0.2, 0.25) is 0 Å². The van der Waals surface area contributed by atoms with Crippen LogP contribution in [0.3, 0.4) is 0 Å². The molecule has 1 aliphatic carbocycles. The topological polar surface area (TPSA) is 38.9 Å². The lowest BCUT2D eigenvalue weighted by Crippen LogP contribution is -2.22. The molecule has 0 unspecified atom stereocenters. The molecule has 1 aromatic rings. The molecule has 2 rings (SSSR count). The molecular formula is C17H30N2O. The summed E-state index contributed by atoms with van der Waals surface area (Å²) >= 11 is 0. The molecule has 0 amide bonds. The van der Waals surface area contributed by atoms with Crippen molar-refractivity contribution < 1.29 is 4.42 Å². The molecule has 20 heavy (non-hydrogen) atoms. The molecule has 1 aromatic heterocycles. The van der Waals surface area contributed by atoms with Crippen molar-refractivity contribution in [3.05, 3.63) is 11.8 Å². The van der Waals surface area contributed by atoms with Crippen LogP contribution >= 0.6 is 0 Å². The van der Waals surface area contributed by atoms with E-state index in [2.05, 4.69) is 44.8 Å². The SMILES string of the molecule is CC(C)(C)c1nnc(C(C)(C)CC2CCCCCC2)o1. The van der Waals surface area contributed by atoms with Gasteiger partial charge in [0.1, 0.15) is 0 Å². The molecular weight excluding hydrogens is 248 g/mol. The Morgan fingerprint density at radius 2 is 1.45 bits per heavy atom. The number of hydrogen-bond acceptors (Lipinski definition) is 3. The van der Waals surface area contributed by atoms with Gasteiger partial charge in [0, 0.05) is 10.8 Å². The fourth-order valence-corrected chi connectivity index (χ4v) is 3.18.